The summed E-state index contributed by atoms with van der Waals surface area (Å²) in [5.74, 6) is 6.73. The van der Waals surface area contributed by atoms with E-state index in [2.05, 4.69) is 20.3 Å². The molecule has 1 fully saturated rings. The molecule has 9 nitrogen and oxygen atoms in total. The molecule has 3 heterocycles. The fourth-order valence-corrected chi connectivity index (χ4v) is 2.98. The van der Waals surface area contributed by atoms with E-state index in [-0.39, 0.29) is 6.09 Å². The van der Waals surface area contributed by atoms with Crippen molar-refractivity contribution in [3.05, 3.63) is 11.3 Å². The molecule has 1 saturated heterocycles. The molecular formula is C16H26N6O3. The zero-order valence-corrected chi connectivity index (χ0v) is 15.0. The van der Waals surface area contributed by atoms with Crippen molar-refractivity contribution in [2.45, 2.75) is 39.3 Å². The lowest BCUT2D eigenvalue weighted by atomic mass is 10.1. The average Bonchev–Trinajstić information content (AvgIpc) is 2.59. The van der Waals surface area contributed by atoms with Gasteiger partial charge in [0, 0.05) is 31.6 Å². The van der Waals surface area contributed by atoms with E-state index in [0.29, 0.717) is 38.7 Å². The molecule has 9 heteroatoms. The lowest BCUT2D eigenvalue weighted by Gasteiger charge is -2.35. The average molecular weight is 350 g/mol. The van der Waals surface area contributed by atoms with Crippen molar-refractivity contribution in [1.29, 1.82) is 0 Å². The molecule has 0 atom stereocenters. The highest BCUT2D eigenvalue weighted by Crippen LogP contribution is 2.29. The van der Waals surface area contributed by atoms with Crippen LogP contribution < -0.4 is 16.2 Å². The van der Waals surface area contributed by atoms with Crippen molar-refractivity contribution >= 4 is 17.9 Å². The van der Waals surface area contributed by atoms with E-state index in [1.807, 2.05) is 20.8 Å². The number of nitrogen functional groups attached to an aromatic ring is 1. The van der Waals surface area contributed by atoms with Crippen LogP contribution in [0.4, 0.5) is 16.6 Å². The number of amides is 1. The summed E-state index contributed by atoms with van der Waals surface area (Å²) in [7, 11) is 0. The Labute approximate surface area is 147 Å². The molecule has 0 radical (unpaired) electrons. The summed E-state index contributed by atoms with van der Waals surface area (Å²) in [4.78, 5) is 25.3. The summed E-state index contributed by atoms with van der Waals surface area (Å²) in [6.45, 7) is 9.39. The van der Waals surface area contributed by atoms with Gasteiger partial charge in [-0.05, 0) is 20.8 Å². The maximum Gasteiger partial charge on any atom is 0.410 e. The van der Waals surface area contributed by atoms with E-state index in [4.69, 9.17) is 15.3 Å². The van der Waals surface area contributed by atoms with Crippen LogP contribution in [0, 0.1) is 0 Å². The first-order valence-corrected chi connectivity index (χ1v) is 8.54. The van der Waals surface area contributed by atoms with Crippen molar-refractivity contribution in [3.63, 3.8) is 0 Å². The summed E-state index contributed by atoms with van der Waals surface area (Å²) < 4.78 is 10.9. The largest absolute Gasteiger partial charge is 0.444 e. The van der Waals surface area contributed by atoms with Gasteiger partial charge >= 0.3 is 6.09 Å². The van der Waals surface area contributed by atoms with Crippen LogP contribution in [0.1, 0.15) is 32.0 Å². The van der Waals surface area contributed by atoms with Gasteiger partial charge in [0.2, 0.25) is 5.95 Å². The minimum absolute atomic E-state index is 0.313. The minimum atomic E-state index is -0.520. The molecule has 1 amide bonds. The third-order valence-corrected chi connectivity index (χ3v) is 4.13. The minimum Gasteiger partial charge on any atom is -0.444 e. The molecule has 3 N–H and O–H groups in total. The molecule has 0 unspecified atom stereocenters. The number of fused-ring (bicyclic) bond motifs is 1. The maximum absolute atomic E-state index is 12.4. The number of nitrogens with zero attached hydrogens (tertiary/aromatic N) is 4. The highest BCUT2D eigenvalue weighted by Gasteiger charge is 2.30. The fourth-order valence-electron chi connectivity index (χ4n) is 2.98. The van der Waals surface area contributed by atoms with Gasteiger partial charge in [0.1, 0.15) is 11.4 Å². The summed E-state index contributed by atoms with van der Waals surface area (Å²) in [5, 5.41) is 0. The zero-order valence-electron chi connectivity index (χ0n) is 15.0. The summed E-state index contributed by atoms with van der Waals surface area (Å²) in [6.07, 6.45) is 0.329. The third kappa shape index (κ3) is 4.10. The van der Waals surface area contributed by atoms with Crippen molar-refractivity contribution < 1.29 is 14.3 Å². The van der Waals surface area contributed by atoms with Crippen molar-refractivity contribution in [1.82, 2.24) is 14.9 Å². The van der Waals surface area contributed by atoms with Crippen LogP contribution in [-0.2, 0) is 22.4 Å². The monoisotopic (exact) mass is 350 g/mol. The number of ether oxygens (including phenoxy) is 2. The topological polar surface area (TPSA) is 106 Å². The van der Waals surface area contributed by atoms with E-state index >= 15 is 0 Å². The van der Waals surface area contributed by atoms with E-state index in [0.717, 1.165) is 30.2 Å². The first-order valence-electron chi connectivity index (χ1n) is 8.54. The Bertz CT molecular complexity index is 639. The summed E-state index contributed by atoms with van der Waals surface area (Å²) >= 11 is 0. The number of nitrogens with two attached hydrogens (primary N) is 1. The smallest absolute Gasteiger partial charge is 0.410 e. The number of hydrogen-bond acceptors (Lipinski definition) is 8. The number of morpholine rings is 1. The van der Waals surface area contributed by atoms with E-state index in [1.54, 1.807) is 4.90 Å². The van der Waals surface area contributed by atoms with Crippen molar-refractivity contribution in [2.24, 2.45) is 5.84 Å². The quantitative estimate of drug-likeness (QED) is 0.598. The van der Waals surface area contributed by atoms with Gasteiger partial charge in [-0.25, -0.2) is 15.6 Å². The molecule has 138 valence electrons. The Morgan fingerprint density at radius 3 is 2.60 bits per heavy atom. The standard InChI is InChI=1S/C16H26N6O3/c1-16(2,3)25-15(23)22-5-4-12-11(10-22)13(19-14(18-12)20-17)21-6-8-24-9-7-21/h4-10,17H2,1-3H3,(H,18,19,20). The lowest BCUT2D eigenvalue weighted by Crippen LogP contribution is -2.42. The van der Waals surface area contributed by atoms with Gasteiger partial charge in [-0.15, -0.1) is 0 Å². The molecule has 0 spiro atoms. The predicted molar refractivity (Wildman–Crippen MR) is 93.2 cm³/mol. The Morgan fingerprint density at radius 1 is 1.24 bits per heavy atom. The van der Waals surface area contributed by atoms with E-state index in [1.165, 1.54) is 0 Å². The Balaban J connectivity index is 1.87. The van der Waals surface area contributed by atoms with Crippen LogP contribution in [0.5, 0.6) is 0 Å². The molecule has 0 aliphatic carbocycles. The van der Waals surface area contributed by atoms with Crippen molar-refractivity contribution in [3.8, 4) is 0 Å². The molecule has 1 aromatic heterocycles. The molecule has 1 aromatic rings. The fraction of sp³-hybridized carbons (Fsp3) is 0.688. The van der Waals surface area contributed by atoms with E-state index in [9.17, 15) is 4.79 Å². The molecule has 2 aliphatic heterocycles. The first-order chi connectivity index (χ1) is 11.9. The Morgan fingerprint density at radius 2 is 1.96 bits per heavy atom. The number of aromatic nitrogens is 2. The summed E-state index contributed by atoms with van der Waals surface area (Å²) in [6, 6.07) is 0. The summed E-state index contributed by atoms with van der Waals surface area (Å²) in [5.41, 5.74) is 3.89. The predicted octanol–water partition coefficient (Wildman–Crippen LogP) is 0.892. The van der Waals surface area contributed by atoms with Gasteiger partial charge in [-0.3, -0.25) is 5.43 Å². The van der Waals surface area contributed by atoms with Crippen molar-refractivity contribution in [2.75, 3.05) is 43.2 Å². The van der Waals surface area contributed by atoms with Gasteiger partial charge in [-0.1, -0.05) is 0 Å². The second kappa shape index (κ2) is 7.01. The molecule has 3 rings (SSSR count). The zero-order chi connectivity index (χ0) is 18.0. The molecule has 2 aliphatic rings. The second-order valence-corrected chi connectivity index (χ2v) is 7.19. The number of carbonyl (C=O) groups is 1. The molecule has 0 saturated carbocycles. The van der Waals surface area contributed by atoms with Gasteiger partial charge in [0.25, 0.3) is 0 Å². The van der Waals surface area contributed by atoms with Gasteiger partial charge in [-0.2, -0.15) is 4.98 Å². The third-order valence-electron chi connectivity index (χ3n) is 4.13. The number of carbonyl (C=O) groups excluding carboxylic acids is 1. The normalized spacial score (nSPS) is 17.9. The van der Waals surface area contributed by atoms with Gasteiger partial charge < -0.3 is 19.3 Å². The van der Waals surface area contributed by atoms with Crippen LogP contribution in [-0.4, -0.2) is 59.4 Å². The number of hydrazine groups is 1. The van der Waals surface area contributed by atoms with Crippen LogP contribution in [0.2, 0.25) is 0 Å². The van der Waals surface area contributed by atoms with Gasteiger partial charge in [0.15, 0.2) is 0 Å². The van der Waals surface area contributed by atoms with Crippen LogP contribution in [0.25, 0.3) is 0 Å². The number of hydrogen-bond donors (Lipinski definition) is 2. The number of rotatable bonds is 2. The van der Waals surface area contributed by atoms with Crippen LogP contribution in [0.3, 0.4) is 0 Å². The molecule has 25 heavy (non-hydrogen) atoms. The first kappa shape index (κ1) is 17.7. The molecule has 0 bridgehead atoms. The number of nitrogens with one attached hydrogen (secondary N) is 1. The SMILES string of the molecule is CC(C)(C)OC(=O)N1CCc2nc(NN)nc(N3CCOCC3)c2C1. The van der Waals surface area contributed by atoms with Crippen LogP contribution >= 0.6 is 0 Å². The van der Waals surface area contributed by atoms with E-state index < -0.39 is 5.60 Å². The van der Waals surface area contributed by atoms with Crippen LogP contribution in [0.15, 0.2) is 0 Å². The highest BCUT2D eigenvalue weighted by atomic mass is 16.6. The highest BCUT2D eigenvalue weighted by molar-refractivity contribution is 5.69. The van der Waals surface area contributed by atoms with Gasteiger partial charge in [0.05, 0.1) is 25.5 Å². The second-order valence-electron chi connectivity index (χ2n) is 7.19. The Hall–Kier alpha value is -2.13. The molecule has 0 aromatic carbocycles. The molecular weight excluding hydrogens is 324 g/mol. The lowest BCUT2D eigenvalue weighted by molar-refractivity contribution is 0.0222. The maximum atomic E-state index is 12.4. The number of anilines is 2. The Kier molecular flexibility index (Phi) is 4.96.